The van der Waals surface area contributed by atoms with Crippen molar-refractivity contribution in [1.82, 2.24) is 14.1 Å². The first-order chi connectivity index (χ1) is 25.3. The molecule has 4 heteroatoms. The number of pyridine rings is 1. The smallest absolute Gasteiger partial charge is 0.135 e. The molecule has 0 saturated heterocycles. The third-order valence-corrected chi connectivity index (χ3v) is 10.4. The SMILES string of the molecule is c1ccc(-c2cccc3c2c2ccccc2n3-c2cncc(-c3ccc4oc5ccc(-n6c7ccccc7c7ccccc76)cc5c4c3)c2)cc1. The van der Waals surface area contributed by atoms with Gasteiger partial charge in [0.25, 0.3) is 0 Å². The van der Waals surface area contributed by atoms with Crippen LogP contribution in [0.2, 0.25) is 0 Å². The minimum absolute atomic E-state index is 0.869. The summed E-state index contributed by atoms with van der Waals surface area (Å²) < 4.78 is 11.1. The van der Waals surface area contributed by atoms with E-state index in [0.29, 0.717) is 0 Å². The summed E-state index contributed by atoms with van der Waals surface area (Å²) in [6.45, 7) is 0. The van der Waals surface area contributed by atoms with Crippen LogP contribution < -0.4 is 0 Å². The maximum atomic E-state index is 6.39. The zero-order chi connectivity index (χ0) is 33.5. The van der Waals surface area contributed by atoms with Crippen molar-refractivity contribution < 1.29 is 4.42 Å². The normalized spacial score (nSPS) is 11.9. The molecule has 0 bridgehead atoms. The predicted octanol–water partition coefficient (Wildman–Crippen LogP) is 12.5. The molecule has 11 rings (SSSR count). The lowest BCUT2D eigenvalue weighted by molar-refractivity contribution is 0.669. The molecule has 4 nitrogen and oxygen atoms in total. The monoisotopic (exact) mass is 651 g/mol. The van der Waals surface area contributed by atoms with Crippen LogP contribution in [-0.2, 0) is 0 Å². The van der Waals surface area contributed by atoms with Gasteiger partial charge in [0.1, 0.15) is 11.2 Å². The van der Waals surface area contributed by atoms with Crippen LogP contribution in [0.4, 0.5) is 0 Å². The highest BCUT2D eigenvalue weighted by molar-refractivity contribution is 6.16. The van der Waals surface area contributed by atoms with Crippen LogP contribution in [0.15, 0.2) is 181 Å². The Morgan fingerprint density at radius 2 is 0.980 bits per heavy atom. The van der Waals surface area contributed by atoms with E-state index >= 15 is 0 Å². The average molecular weight is 652 g/mol. The molecule has 238 valence electrons. The first kappa shape index (κ1) is 28.0. The zero-order valence-electron chi connectivity index (χ0n) is 27.5. The van der Waals surface area contributed by atoms with E-state index in [1.54, 1.807) is 0 Å². The van der Waals surface area contributed by atoms with E-state index in [4.69, 9.17) is 9.40 Å². The van der Waals surface area contributed by atoms with Crippen LogP contribution in [-0.4, -0.2) is 14.1 Å². The molecular weight excluding hydrogens is 623 g/mol. The Morgan fingerprint density at radius 3 is 1.75 bits per heavy atom. The van der Waals surface area contributed by atoms with E-state index in [1.165, 1.54) is 43.7 Å². The van der Waals surface area contributed by atoms with Crippen molar-refractivity contribution in [1.29, 1.82) is 0 Å². The summed E-state index contributed by atoms with van der Waals surface area (Å²) in [5.41, 5.74) is 13.1. The molecule has 0 aliphatic rings. The van der Waals surface area contributed by atoms with Crippen molar-refractivity contribution in [2.45, 2.75) is 0 Å². The van der Waals surface area contributed by atoms with E-state index in [-0.39, 0.29) is 0 Å². The van der Waals surface area contributed by atoms with Gasteiger partial charge in [-0.25, -0.2) is 0 Å². The Morgan fingerprint density at radius 1 is 0.373 bits per heavy atom. The first-order valence-corrected chi connectivity index (χ1v) is 17.3. The number of hydrogen-bond acceptors (Lipinski definition) is 2. The molecule has 51 heavy (non-hydrogen) atoms. The van der Waals surface area contributed by atoms with Crippen LogP contribution in [0.25, 0.3) is 99.2 Å². The summed E-state index contributed by atoms with van der Waals surface area (Å²) in [5, 5.41) is 7.14. The molecular formula is C47H29N3O. The maximum absolute atomic E-state index is 6.39. The van der Waals surface area contributed by atoms with Gasteiger partial charge >= 0.3 is 0 Å². The summed E-state index contributed by atoms with van der Waals surface area (Å²) >= 11 is 0. The molecule has 0 aliphatic carbocycles. The second-order valence-electron chi connectivity index (χ2n) is 13.2. The Balaban J connectivity index is 1.07. The number of furan rings is 1. The van der Waals surface area contributed by atoms with Gasteiger partial charge < -0.3 is 13.6 Å². The van der Waals surface area contributed by atoms with Crippen LogP contribution in [0, 0.1) is 0 Å². The number of benzene rings is 7. The molecule has 0 saturated carbocycles. The van der Waals surface area contributed by atoms with E-state index in [0.717, 1.165) is 55.5 Å². The van der Waals surface area contributed by atoms with E-state index in [9.17, 15) is 0 Å². The first-order valence-electron chi connectivity index (χ1n) is 17.3. The molecule has 4 heterocycles. The van der Waals surface area contributed by atoms with Gasteiger partial charge in [0, 0.05) is 49.8 Å². The zero-order valence-corrected chi connectivity index (χ0v) is 27.5. The maximum Gasteiger partial charge on any atom is 0.135 e. The van der Waals surface area contributed by atoms with Crippen molar-refractivity contribution in [2.24, 2.45) is 0 Å². The predicted molar refractivity (Wildman–Crippen MR) is 211 cm³/mol. The van der Waals surface area contributed by atoms with Crippen LogP contribution >= 0.6 is 0 Å². The van der Waals surface area contributed by atoms with Gasteiger partial charge in [0.05, 0.1) is 34.0 Å². The van der Waals surface area contributed by atoms with Gasteiger partial charge in [-0.05, 0) is 77.4 Å². The molecule has 0 unspecified atom stereocenters. The van der Waals surface area contributed by atoms with Gasteiger partial charge in [-0.15, -0.1) is 0 Å². The fourth-order valence-electron chi connectivity index (χ4n) is 8.15. The topological polar surface area (TPSA) is 35.9 Å². The summed E-state index contributed by atoms with van der Waals surface area (Å²) in [6.07, 6.45) is 3.92. The molecule has 0 spiro atoms. The van der Waals surface area contributed by atoms with Gasteiger partial charge in [-0.1, -0.05) is 103 Å². The third kappa shape index (κ3) is 4.17. The number of para-hydroxylation sites is 3. The molecule has 11 aromatic rings. The summed E-state index contributed by atoms with van der Waals surface area (Å²) in [6, 6.07) is 58.4. The molecule has 0 N–H and O–H groups in total. The van der Waals surface area contributed by atoms with Crippen molar-refractivity contribution >= 4 is 65.6 Å². The van der Waals surface area contributed by atoms with Gasteiger partial charge in [0.15, 0.2) is 0 Å². The molecule has 0 atom stereocenters. The highest BCUT2D eigenvalue weighted by Crippen LogP contribution is 2.40. The standard InChI is InChI=1S/C47H29N3O/c1-2-11-30(12-3-1)35-16-10-20-44-47(35)38-15-6-9-19-43(38)50(44)34-25-32(28-48-29-34)31-21-23-45-39(26-31)40-27-33(22-24-46(40)51-45)49-41-17-7-4-13-36(41)37-14-5-8-18-42(37)49/h1-29H. The molecule has 4 aromatic heterocycles. The Hall–Kier alpha value is -6.91. The largest absolute Gasteiger partial charge is 0.456 e. The number of hydrogen-bond donors (Lipinski definition) is 0. The van der Waals surface area contributed by atoms with Crippen LogP contribution in [0.3, 0.4) is 0 Å². The van der Waals surface area contributed by atoms with Crippen molar-refractivity contribution in [3.8, 4) is 33.6 Å². The van der Waals surface area contributed by atoms with Gasteiger partial charge in [0.2, 0.25) is 0 Å². The minimum Gasteiger partial charge on any atom is -0.456 e. The Bertz CT molecular complexity index is 3090. The molecule has 0 fully saturated rings. The highest BCUT2D eigenvalue weighted by Gasteiger charge is 2.18. The molecule has 0 aliphatic heterocycles. The highest BCUT2D eigenvalue weighted by atomic mass is 16.3. The summed E-state index contributed by atoms with van der Waals surface area (Å²) in [5.74, 6) is 0. The fourth-order valence-corrected chi connectivity index (χ4v) is 8.15. The van der Waals surface area contributed by atoms with Gasteiger partial charge in [-0.3, -0.25) is 4.98 Å². The van der Waals surface area contributed by atoms with Crippen LogP contribution in [0.5, 0.6) is 0 Å². The van der Waals surface area contributed by atoms with Crippen LogP contribution in [0.1, 0.15) is 0 Å². The quantitative estimate of drug-likeness (QED) is 0.190. The third-order valence-electron chi connectivity index (χ3n) is 10.4. The number of nitrogens with zero attached hydrogens (tertiary/aromatic N) is 3. The lowest BCUT2D eigenvalue weighted by atomic mass is 9.99. The fraction of sp³-hybridized carbons (Fsp3) is 0. The number of fused-ring (bicyclic) bond motifs is 9. The molecule has 0 radical (unpaired) electrons. The lowest BCUT2D eigenvalue weighted by Crippen LogP contribution is -1.95. The number of aromatic nitrogens is 3. The van der Waals surface area contributed by atoms with Gasteiger partial charge in [-0.2, -0.15) is 0 Å². The Kier molecular flexibility index (Phi) is 5.92. The van der Waals surface area contributed by atoms with Crippen molar-refractivity contribution in [3.05, 3.63) is 176 Å². The second-order valence-corrected chi connectivity index (χ2v) is 13.2. The van der Waals surface area contributed by atoms with E-state index in [1.807, 2.05) is 12.4 Å². The van der Waals surface area contributed by atoms with E-state index < -0.39 is 0 Å². The lowest BCUT2D eigenvalue weighted by Gasteiger charge is -2.10. The van der Waals surface area contributed by atoms with E-state index in [2.05, 4.69) is 173 Å². The van der Waals surface area contributed by atoms with Crippen molar-refractivity contribution in [2.75, 3.05) is 0 Å². The minimum atomic E-state index is 0.869. The Labute approximate surface area is 293 Å². The second kappa shape index (κ2) is 10.8. The number of rotatable bonds is 4. The average Bonchev–Trinajstić information content (AvgIpc) is 3.85. The van der Waals surface area contributed by atoms with Crippen molar-refractivity contribution in [3.63, 3.8) is 0 Å². The summed E-state index contributed by atoms with van der Waals surface area (Å²) in [7, 11) is 0. The molecule has 7 aromatic carbocycles. The summed E-state index contributed by atoms with van der Waals surface area (Å²) in [4.78, 5) is 4.80. The molecule has 0 amide bonds.